The molecule has 0 saturated heterocycles. The molecule has 5 nitrogen and oxygen atoms in total. The number of nitro benzene ring substituents is 1. The molecule has 96 valence electrons. The summed E-state index contributed by atoms with van der Waals surface area (Å²) in [6.07, 6.45) is 0.352. The molecular formula is C12H14FN3O2. The molecule has 0 aromatic heterocycles. The normalized spacial score (nSPS) is 12.2. The molecule has 0 aliphatic carbocycles. The van der Waals surface area contributed by atoms with Crippen LogP contribution in [0.1, 0.15) is 18.9 Å². The minimum Gasteiger partial charge on any atom is -0.298 e. The third-order valence-corrected chi connectivity index (χ3v) is 2.81. The summed E-state index contributed by atoms with van der Waals surface area (Å²) in [5, 5.41) is 19.1. The Balaban J connectivity index is 2.80. The minimum atomic E-state index is -0.630. The van der Waals surface area contributed by atoms with Crippen LogP contribution in [0.4, 0.5) is 10.1 Å². The van der Waals surface area contributed by atoms with E-state index in [1.807, 2.05) is 17.9 Å². The second kappa shape index (κ2) is 6.07. The number of rotatable bonds is 5. The predicted molar refractivity (Wildman–Crippen MR) is 64.2 cm³/mol. The highest BCUT2D eigenvalue weighted by Gasteiger charge is 2.14. The lowest BCUT2D eigenvalue weighted by Crippen LogP contribution is -2.28. The maximum Gasteiger partial charge on any atom is 0.272 e. The zero-order valence-corrected chi connectivity index (χ0v) is 10.3. The number of nitriles is 1. The van der Waals surface area contributed by atoms with E-state index < -0.39 is 10.7 Å². The van der Waals surface area contributed by atoms with Crippen LogP contribution < -0.4 is 0 Å². The molecule has 1 aromatic rings. The quantitative estimate of drug-likeness (QED) is 0.595. The lowest BCUT2D eigenvalue weighted by molar-refractivity contribution is -0.385. The molecule has 0 aliphatic rings. The van der Waals surface area contributed by atoms with E-state index in [9.17, 15) is 14.5 Å². The highest BCUT2D eigenvalue weighted by Crippen LogP contribution is 2.18. The van der Waals surface area contributed by atoms with E-state index in [1.54, 1.807) is 7.05 Å². The third kappa shape index (κ3) is 3.50. The molecule has 0 aliphatic heterocycles. The van der Waals surface area contributed by atoms with Crippen LogP contribution >= 0.6 is 0 Å². The van der Waals surface area contributed by atoms with Crippen LogP contribution in [0.2, 0.25) is 0 Å². The summed E-state index contributed by atoms with van der Waals surface area (Å²) in [5.41, 5.74) is 0.122. The van der Waals surface area contributed by atoms with E-state index in [2.05, 4.69) is 0 Å². The number of benzene rings is 1. The number of hydrogen-bond acceptors (Lipinski definition) is 4. The zero-order valence-electron chi connectivity index (χ0n) is 10.3. The summed E-state index contributed by atoms with van der Waals surface area (Å²) in [4.78, 5) is 11.7. The highest BCUT2D eigenvalue weighted by molar-refractivity contribution is 5.34. The Morgan fingerprint density at radius 1 is 1.61 bits per heavy atom. The molecule has 0 fully saturated rings. The van der Waals surface area contributed by atoms with Gasteiger partial charge >= 0.3 is 0 Å². The topological polar surface area (TPSA) is 70.2 Å². The molecule has 0 amide bonds. The first-order chi connectivity index (χ1) is 8.45. The first-order valence-electron chi connectivity index (χ1n) is 5.45. The molecule has 1 unspecified atom stereocenters. The van der Waals surface area contributed by atoms with Crippen LogP contribution in [-0.2, 0) is 6.54 Å². The first-order valence-corrected chi connectivity index (χ1v) is 5.45. The third-order valence-electron chi connectivity index (χ3n) is 2.81. The molecule has 0 bridgehead atoms. The lowest BCUT2D eigenvalue weighted by Gasteiger charge is -2.22. The van der Waals surface area contributed by atoms with Crippen LogP contribution in [-0.4, -0.2) is 22.9 Å². The summed E-state index contributed by atoms with van der Waals surface area (Å²) in [7, 11) is 1.78. The smallest absolute Gasteiger partial charge is 0.272 e. The zero-order chi connectivity index (χ0) is 13.7. The SMILES string of the molecule is CC(CC#N)N(C)Cc1ccc([N+](=O)[O-])cc1F. The van der Waals surface area contributed by atoms with E-state index in [0.717, 1.165) is 6.07 Å². The van der Waals surface area contributed by atoms with Gasteiger partial charge in [0.25, 0.3) is 5.69 Å². The second-order valence-electron chi connectivity index (χ2n) is 4.16. The summed E-state index contributed by atoms with van der Waals surface area (Å²) in [6.45, 7) is 2.18. The van der Waals surface area contributed by atoms with Crippen molar-refractivity contribution in [3.8, 4) is 6.07 Å². The largest absolute Gasteiger partial charge is 0.298 e. The fraction of sp³-hybridized carbons (Fsp3) is 0.417. The van der Waals surface area contributed by atoms with Crippen molar-refractivity contribution in [3.63, 3.8) is 0 Å². The Morgan fingerprint density at radius 2 is 2.28 bits per heavy atom. The summed E-state index contributed by atoms with van der Waals surface area (Å²) in [6, 6.07) is 5.65. The number of halogens is 1. The number of nitro groups is 1. The minimum absolute atomic E-state index is 0.00425. The van der Waals surface area contributed by atoms with Gasteiger partial charge in [-0.1, -0.05) is 0 Å². The van der Waals surface area contributed by atoms with Crippen LogP contribution in [0, 0.1) is 27.3 Å². The van der Waals surface area contributed by atoms with Crippen molar-refractivity contribution in [1.82, 2.24) is 4.90 Å². The number of nitrogens with zero attached hydrogens (tertiary/aromatic N) is 3. The average Bonchev–Trinajstić information content (AvgIpc) is 2.31. The number of hydrogen-bond donors (Lipinski definition) is 0. The monoisotopic (exact) mass is 251 g/mol. The van der Waals surface area contributed by atoms with Crippen molar-refractivity contribution in [2.24, 2.45) is 0 Å². The molecular weight excluding hydrogens is 237 g/mol. The van der Waals surface area contributed by atoms with Crippen molar-refractivity contribution in [1.29, 1.82) is 5.26 Å². The fourth-order valence-corrected chi connectivity index (χ4v) is 1.49. The van der Waals surface area contributed by atoms with Gasteiger partial charge in [0.15, 0.2) is 0 Å². The summed E-state index contributed by atoms with van der Waals surface area (Å²) in [5.74, 6) is -0.597. The first kappa shape index (κ1) is 14.1. The van der Waals surface area contributed by atoms with Crippen molar-refractivity contribution >= 4 is 5.69 Å². The van der Waals surface area contributed by atoms with Crippen LogP contribution in [0.5, 0.6) is 0 Å². The molecule has 1 rings (SSSR count). The van der Waals surface area contributed by atoms with Gasteiger partial charge in [-0.05, 0) is 20.0 Å². The Kier molecular flexibility index (Phi) is 4.75. The van der Waals surface area contributed by atoms with Gasteiger partial charge in [0.2, 0.25) is 0 Å². The Hall–Kier alpha value is -2.00. The highest BCUT2D eigenvalue weighted by atomic mass is 19.1. The van der Waals surface area contributed by atoms with E-state index in [1.165, 1.54) is 12.1 Å². The van der Waals surface area contributed by atoms with Gasteiger partial charge < -0.3 is 0 Å². The molecule has 0 radical (unpaired) electrons. The maximum atomic E-state index is 13.6. The van der Waals surface area contributed by atoms with Crippen LogP contribution in [0.15, 0.2) is 18.2 Å². The Bertz CT molecular complexity index is 485. The van der Waals surface area contributed by atoms with Crippen LogP contribution in [0.25, 0.3) is 0 Å². The van der Waals surface area contributed by atoms with Crippen molar-refractivity contribution in [3.05, 3.63) is 39.7 Å². The maximum absolute atomic E-state index is 13.6. The molecule has 0 saturated carbocycles. The average molecular weight is 251 g/mol. The Labute approximate surface area is 105 Å². The van der Waals surface area contributed by atoms with Gasteiger partial charge in [-0.15, -0.1) is 0 Å². The fourth-order valence-electron chi connectivity index (χ4n) is 1.49. The van der Waals surface area contributed by atoms with Crippen molar-refractivity contribution in [2.75, 3.05) is 7.05 Å². The van der Waals surface area contributed by atoms with Crippen molar-refractivity contribution < 1.29 is 9.31 Å². The second-order valence-corrected chi connectivity index (χ2v) is 4.16. The van der Waals surface area contributed by atoms with Gasteiger partial charge in [-0.25, -0.2) is 4.39 Å². The summed E-state index contributed by atoms with van der Waals surface area (Å²) < 4.78 is 13.6. The van der Waals surface area contributed by atoms with Gasteiger partial charge in [0, 0.05) is 24.2 Å². The number of non-ortho nitro benzene ring substituents is 1. The molecule has 18 heavy (non-hydrogen) atoms. The molecule has 0 heterocycles. The molecule has 1 aromatic carbocycles. The summed E-state index contributed by atoms with van der Waals surface area (Å²) >= 11 is 0. The molecule has 6 heteroatoms. The molecule has 0 spiro atoms. The lowest BCUT2D eigenvalue weighted by atomic mass is 10.1. The van der Waals surface area contributed by atoms with Crippen molar-refractivity contribution in [2.45, 2.75) is 25.9 Å². The van der Waals surface area contributed by atoms with Gasteiger partial charge in [-0.3, -0.25) is 15.0 Å². The van der Waals surface area contributed by atoms with E-state index in [4.69, 9.17) is 5.26 Å². The van der Waals surface area contributed by atoms with Gasteiger partial charge in [0.1, 0.15) is 5.82 Å². The Morgan fingerprint density at radius 3 is 2.78 bits per heavy atom. The molecule has 1 atom stereocenters. The van der Waals surface area contributed by atoms with Crippen LogP contribution in [0.3, 0.4) is 0 Å². The standard InChI is InChI=1S/C12H14FN3O2/c1-9(5-6-14)15(2)8-10-3-4-11(16(17)18)7-12(10)13/h3-4,7,9H,5,8H2,1-2H3. The molecule has 0 N–H and O–H groups in total. The van der Waals surface area contributed by atoms with E-state index >= 15 is 0 Å². The van der Waals surface area contributed by atoms with Gasteiger partial charge in [0.05, 0.1) is 23.5 Å². The van der Waals surface area contributed by atoms with E-state index in [-0.39, 0.29) is 11.7 Å². The predicted octanol–water partition coefficient (Wildman–Crippen LogP) is 2.47. The van der Waals surface area contributed by atoms with E-state index in [0.29, 0.717) is 18.5 Å². The van der Waals surface area contributed by atoms with Gasteiger partial charge in [-0.2, -0.15) is 5.26 Å².